The lowest BCUT2D eigenvalue weighted by Crippen LogP contribution is -2.54. The number of amides is 2. The molecule has 3 rings (SSSR count). The van der Waals surface area contributed by atoms with Gasteiger partial charge in [-0.15, -0.1) is 0 Å². The van der Waals surface area contributed by atoms with Gasteiger partial charge in [-0.1, -0.05) is 69.0 Å². The third kappa shape index (κ3) is 8.00. The van der Waals surface area contributed by atoms with E-state index in [2.05, 4.69) is 21.2 Å². The second kappa shape index (κ2) is 12.9. The molecule has 0 aliphatic heterocycles. The van der Waals surface area contributed by atoms with Gasteiger partial charge in [0.2, 0.25) is 11.8 Å². The molecule has 1 unspecified atom stereocenters. The van der Waals surface area contributed by atoms with Crippen LogP contribution in [0.1, 0.15) is 38.8 Å². The van der Waals surface area contributed by atoms with Crippen molar-refractivity contribution in [2.75, 3.05) is 10.8 Å². The fourth-order valence-electron chi connectivity index (χ4n) is 3.91. The highest BCUT2D eigenvalue weighted by Crippen LogP contribution is 2.29. The maximum Gasteiger partial charge on any atom is 0.264 e. The van der Waals surface area contributed by atoms with Crippen molar-refractivity contribution in [3.8, 4) is 0 Å². The van der Waals surface area contributed by atoms with E-state index in [0.717, 1.165) is 9.87 Å². The average Bonchev–Trinajstić information content (AvgIpc) is 2.85. The highest BCUT2D eigenvalue weighted by atomic mass is 79.9. The summed E-state index contributed by atoms with van der Waals surface area (Å²) in [6.07, 6.45) is 0. The van der Waals surface area contributed by atoms with Gasteiger partial charge in [0, 0.05) is 32.2 Å². The van der Waals surface area contributed by atoms with Gasteiger partial charge in [0.05, 0.1) is 10.6 Å². The number of rotatable bonds is 9. The van der Waals surface area contributed by atoms with Crippen LogP contribution in [0.4, 0.5) is 5.69 Å². The van der Waals surface area contributed by atoms with Gasteiger partial charge in [-0.3, -0.25) is 13.9 Å². The van der Waals surface area contributed by atoms with Crippen LogP contribution in [0.2, 0.25) is 10.0 Å². The van der Waals surface area contributed by atoms with E-state index < -0.39 is 40.0 Å². The molecule has 1 N–H and O–H groups in total. The predicted molar refractivity (Wildman–Crippen MR) is 164 cm³/mol. The number of anilines is 1. The molecule has 214 valence electrons. The number of nitrogens with zero attached hydrogens (tertiary/aromatic N) is 2. The summed E-state index contributed by atoms with van der Waals surface area (Å²) in [7, 11) is -4.17. The summed E-state index contributed by atoms with van der Waals surface area (Å²) in [6, 6.07) is 17.0. The molecule has 0 saturated heterocycles. The Kier molecular flexibility index (Phi) is 10.3. The van der Waals surface area contributed by atoms with Crippen LogP contribution in [0.25, 0.3) is 0 Å². The van der Waals surface area contributed by atoms with Gasteiger partial charge < -0.3 is 10.2 Å². The number of carbonyl (C=O) groups is 2. The molecule has 3 aromatic rings. The first-order valence-corrected chi connectivity index (χ1v) is 15.5. The first kappa shape index (κ1) is 31.9. The lowest BCUT2D eigenvalue weighted by Gasteiger charge is -2.34. The molecule has 1 atom stereocenters. The highest BCUT2D eigenvalue weighted by molar-refractivity contribution is 9.10. The van der Waals surface area contributed by atoms with Crippen LogP contribution in [0.5, 0.6) is 0 Å². The molecule has 3 aromatic carbocycles. The summed E-state index contributed by atoms with van der Waals surface area (Å²) in [6.45, 7) is 8.26. The minimum absolute atomic E-state index is 0.0325. The second-order valence-electron chi connectivity index (χ2n) is 10.4. The van der Waals surface area contributed by atoms with E-state index in [1.165, 1.54) is 17.0 Å². The maximum atomic E-state index is 14.0. The average molecular weight is 669 g/mol. The van der Waals surface area contributed by atoms with E-state index in [0.29, 0.717) is 20.1 Å². The largest absolute Gasteiger partial charge is 0.350 e. The Bertz CT molecular complexity index is 1470. The van der Waals surface area contributed by atoms with E-state index in [1.807, 2.05) is 27.7 Å². The van der Waals surface area contributed by atoms with Gasteiger partial charge in [-0.05, 0) is 77.1 Å². The summed E-state index contributed by atoms with van der Waals surface area (Å²) >= 11 is 16.2. The third-order valence-electron chi connectivity index (χ3n) is 6.04. The SMILES string of the molecule is Cc1ccc(S(=O)(=O)N(CC(=O)N(Cc2c(Cl)cccc2Cl)C(C)C(=O)NC(C)(C)C)c2cccc(Br)c2)cc1. The van der Waals surface area contributed by atoms with E-state index in [-0.39, 0.29) is 17.1 Å². The van der Waals surface area contributed by atoms with Gasteiger partial charge in [-0.2, -0.15) is 0 Å². The van der Waals surface area contributed by atoms with E-state index in [9.17, 15) is 18.0 Å². The van der Waals surface area contributed by atoms with Crippen molar-refractivity contribution >= 4 is 66.7 Å². The van der Waals surface area contributed by atoms with Crippen LogP contribution in [0.15, 0.2) is 76.1 Å². The zero-order valence-corrected chi connectivity index (χ0v) is 26.8. The molecule has 0 fully saturated rings. The standard InChI is InChI=1S/C29H32BrCl2N3O4S/c1-19-12-14-23(15-13-19)40(38,39)35(22-9-6-8-21(30)16-22)18-27(36)34(20(2)28(37)33-29(3,4)5)17-24-25(31)10-7-11-26(24)32/h6-16,20H,17-18H2,1-5H3,(H,33,37). The maximum absolute atomic E-state index is 14.0. The molecule has 0 radical (unpaired) electrons. The van der Waals surface area contributed by atoms with Gasteiger partial charge in [0.15, 0.2) is 0 Å². The molecule has 0 spiro atoms. The molecule has 0 saturated carbocycles. The molecule has 11 heteroatoms. The Balaban J connectivity index is 2.08. The Morgan fingerprint density at radius 1 is 0.975 bits per heavy atom. The normalized spacial score (nSPS) is 12.5. The van der Waals surface area contributed by atoms with Crippen LogP contribution in [-0.2, 0) is 26.2 Å². The number of aryl methyl sites for hydroxylation is 1. The fourth-order valence-corrected chi connectivity index (χ4v) is 6.22. The number of nitrogens with one attached hydrogen (secondary N) is 1. The molecule has 0 aliphatic carbocycles. The van der Waals surface area contributed by atoms with E-state index in [1.54, 1.807) is 61.5 Å². The number of benzene rings is 3. The molecule has 40 heavy (non-hydrogen) atoms. The summed E-state index contributed by atoms with van der Waals surface area (Å²) < 4.78 is 29.5. The number of carbonyl (C=O) groups excluding carboxylic acids is 2. The number of sulfonamides is 1. The molecule has 0 bridgehead atoms. The van der Waals surface area contributed by atoms with Crippen molar-refractivity contribution < 1.29 is 18.0 Å². The van der Waals surface area contributed by atoms with Crippen molar-refractivity contribution in [1.29, 1.82) is 0 Å². The minimum Gasteiger partial charge on any atom is -0.350 e. The smallest absolute Gasteiger partial charge is 0.264 e. The monoisotopic (exact) mass is 667 g/mol. The molecular formula is C29H32BrCl2N3O4S. The summed E-state index contributed by atoms with van der Waals surface area (Å²) in [5.41, 5.74) is 1.07. The Morgan fingerprint density at radius 2 is 1.55 bits per heavy atom. The van der Waals surface area contributed by atoms with Crippen LogP contribution < -0.4 is 9.62 Å². The first-order chi connectivity index (χ1) is 18.6. The van der Waals surface area contributed by atoms with Gasteiger partial charge in [0.1, 0.15) is 12.6 Å². The molecule has 2 amide bonds. The summed E-state index contributed by atoms with van der Waals surface area (Å²) in [5, 5.41) is 3.53. The molecule has 7 nitrogen and oxygen atoms in total. The molecule has 0 aromatic heterocycles. The summed E-state index contributed by atoms with van der Waals surface area (Å²) in [5.74, 6) is -1.01. The third-order valence-corrected chi connectivity index (χ3v) is 9.03. The van der Waals surface area contributed by atoms with Gasteiger partial charge in [0.25, 0.3) is 10.0 Å². The lowest BCUT2D eigenvalue weighted by atomic mass is 10.1. The molecule has 0 heterocycles. The van der Waals surface area contributed by atoms with Crippen molar-refractivity contribution in [3.63, 3.8) is 0 Å². The quantitative estimate of drug-likeness (QED) is 0.279. The van der Waals surface area contributed by atoms with Crippen molar-refractivity contribution in [2.45, 2.75) is 57.6 Å². The second-order valence-corrected chi connectivity index (χ2v) is 14.0. The lowest BCUT2D eigenvalue weighted by molar-refractivity contribution is -0.140. The molecule has 0 aliphatic rings. The highest BCUT2D eigenvalue weighted by Gasteiger charge is 2.34. The summed E-state index contributed by atoms with van der Waals surface area (Å²) in [4.78, 5) is 28.6. The minimum atomic E-state index is -4.17. The number of hydrogen-bond donors (Lipinski definition) is 1. The zero-order valence-electron chi connectivity index (χ0n) is 22.9. The Labute approximate surface area is 254 Å². The van der Waals surface area contributed by atoms with Gasteiger partial charge in [-0.25, -0.2) is 8.42 Å². The van der Waals surface area contributed by atoms with E-state index in [4.69, 9.17) is 23.2 Å². The van der Waals surface area contributed by atoms with Crippen LogP contribution in [0, 0.1) is 6.92 Å². The van der Waals surface area contributed by atoms with Crippen LogP contribution >= 0.6 is 39.1 Å². The van der Waals surface area contributed by atoms with Crippen molar-refractivity contribution in [3.05, 3.63) is 92.4 Å². The fraction of sp³-hybridized carbons (Fsp3) is 0.310. The van der Waals surface area contributed by atoms with Crippen molar-refractivity contribution in [1.82, 2.24) is 10.2 Å². The Hall–Kier alpha value is -2.59. The molecular weight excluding hydrogens is 637 g/mol. The predicted octanol–water partition coefficient (Wildman–Crippen LogP) is 6.59. The topological polar surface area (TPSA) is 86.8 Å². The van der Waals surface area contributed by atoms with Crippen LogP contribution in [0.3, 0.4) is 0 Å². The van der Waals surface area contributed by atoms with E-state index >= 15 is 0 Å². The zero-order chi connectivity index (χ0) is 29.8. The Morgan fingerprint density at radius 3 is 2.10 bits per heavy atom. The van der Waals surface area contributed by atoms with Crippen LogP contribution in [-0.4, -0.2) is 43.3 Å². The first-order valence-electron chi connectivity index (χ1n) is 12.5. The van der Waals surface area contributed by atoms with Crippen molar-refractivity contribution in [2.24, 2.45) is 0 Å². The number of hydrogen-bond acceptors (Lipinski definition) is 4. The van der Waals surface area contributed by atoms with Gasteiger partial charge >= 0.3 is 0 Å². The number of halogens is 3.